The van der Waals surface area contributed by atoms with Gasteiger partial charge in [0.05, 0.1) is 5.56 Å². The first-order valence-electron chi connectivity index (χ1n) is 11.3. The molecular weight excluding hydrogens is 520 g/mol. The summed E-state index contributed by atoms with van der Waals surface area (Å²) in [5.74, 6) is -3.97. The number of nitrogens with zero attached hydrogens (tertiary/aromatic N) is 1. The Morgan fingerprint density at radius 3 is 2.61 bits per heavy atom. The van der Waals surface area contributed by atoms with Crippen LogP contribution in [0.2, 0.25) is 5.02 Å². The fraction of sp³-hybridized carbons (Fsp3) is 0.231. The Bertz CT molecular complexity index is 1510. The molecule has 3 N–H and O–H groups in total. The Labute approximate surface area is 220 Å². The molecule has 2 aliphatic heterocycles. The average Bonchev–Trinajstić information content (AvgIpc) is 3.16. The number of fused-ring (bicyclic) bond motifs is 5. The second kappa shape index (κ2) is 8.89. The van der Waals surface area contributed by atoms with E-state index < -0.39 is 52.4 Å². The highest BCUT2D eigenvalue weighted by atomic mass is 35.5. The van der Waals surface area contributed by atoms with Gasteiger partial charge < -0.3 is 29.7 Å². The van der Waals surface area contributed by atoms with E-state index in [9.17, 15) is 29.4 Å². The maximum absolute atomic E-state index is 13.7. The minimum atomic E-state index is -1.72. The van der Waals surface area contributed by atoms with E-state index in [0.717, 1.165) is 19.1 Å². The lowest BCUT2D eigenvalue weighted by atomic mass is 9.71. The molecule has 0 radical (unpaired) electrons. The van der Waals surface area contributed by atoms with Gasteiger partial charge in [-0.1, -0.05) is 29.8 Å². The number of benzene rings is 2. The highest BCUT2D eigenvalue weighted by Gasteiger charge is 2.56. The van der Waals surface area contributed by atoms with Crippen molar-refractivity contribution in [1.82, 2.24) is 10.2 Å². The maximum Gasteiger partial charge on any atom is 0.329 e. The van der Waals surface area contributed by atoms with Gasteiger partial charge >= 0.3 is 6.03 Å². The number of Topliss-reactive ketones (excluding diaryl/α,β-unsaturated/α-hetero) is 2. The largest absolute Gasteiger partial charge is 0.507 e. The molecule has 196 valence electrons. The van der Waals surface area contributed by atoms with Crippen molar-refractivity contribution in [3.63, 3.8) is 0 Å². The van der Waals surface area contributed by atoms with Crippen LogP contribution in [0.4, 0.5) is 4.79 Å². The van der Waals surface area contributed by atoms with Crippen LogP contribution in [0, 0.1) is 0 Å². The summed E-state index contributed by atoms with van der Waals surface area (Å²) in [7, 11) is 1.22. The van der Waals surface area contributed by atoms with Crippen LogP contribution in [0.25, 0.3) is 0 Å². The number of hydrogen-bond donors (Lipinski definition) is 3. The van der Waals surface area contributed by atoms with Gasteiger partial charge in [-0.25, -0.2) is 4.79 Å². The molecule has 0 aromatic heterocycles. The van der Waals surface area contributed by atoms with Crippen LogP contribution in [-0.4, -0.2) is 52.1 Å². The number of urea groups is 1. The van der Waals surface area contributed by atoms with Gasteiger partial charge in [0.15, 0.2) is 17.3 Å². The molecule has 3 aliphatic rings. The standard InChI is InChI=1S/C26H21ClN2O9/c1-11(30)18-14(31)9-17-26(2,22(18)33)20-15(32)8-16-19(21(20)38-17)23(34)29(25(36-3)37-16)24(35)28-10-12-6-4-5-7-13(12)27/h4-9,25,31-32H,10H2,1-3H3,(H,28,35)/t25?,26-/m1/s1. The number of hydrogen-bond acceptors (Lipinski definition) is 9. The number of ether oxygens (including phenoxy) is 3. The Balaban J connectivity index is 1.56. The minimum absolute atomic E-state index is 0.00596. The number of amides is 3. The summed E-state index contributed by atoms with van der Waals surface area (Å²) in [6.07, 6.45) is -0.404. The molecule has 2 aromatic rings. The number of phenols is 1. The molecule has 1 aliphatic carbocycles. The third-order valence-electron chi connectivity index (χ3n) is 6.67. The summed E-state index contributed by atoms with van der Waals surface area (Å²) in [5, 5.41) is 24.2. The zero-order valence-corrected chi connectivity index (χ0v) is 21.1. The smallest absolute Gasteiger partial charge is 0.329 e. The van der Waals surface area contributed by atoms with Crippen LogP contribution in [0.5, 0.6) is 17.2 Å². The van der Waals surface area contributed by atoms with E-state index in [0.29, 0.717) is 15.5 Å². The molecule has 1 unspecified atom stereocenters. The number of carbonyl (C=O) groups excluding carboxylic acids is 4. The van der Waals surface area contributed by atoms with E-state index in [1.54, 1.807) is 24.3 Å². The Morgan fingerprint density at radius 2 is 1.95 bits per heavy atom. The molecule has 0 saturated heterocycles. The van der Waals surface area contributed by atoms with E-state index in [1.165, 1.54) is 14.0 Å². The molecule has 0 bridgehead atoms. The minimum Gasteiger partial charge on any atom is -0.507 e. The topological polar surface area (TPSA) is 152 Å². The summed E-state index contributed by atoms with van der Waals surface area (Å²) in [6.45, 7) is 2.51. The van der Waals surface area contributed by atoms with Gasteiger partial charge in [-0.3, -0.25) is 14.4 Å². The third kappa shape index (κ3) is 3.54. The first-order chi connectivity index (χ1) is 18.0. The zero-order valence-electron chi connectivity index (χ0n) is 20.3. The molecule has 11 nitrogen and oxygen atoms in total. The number of imide groups is 1. The quantitative estimate of drug-likeness (QED) is 0.496. The lowest BCUT2D eigenvalue weighted by molar-refractivity contribution is -0.129. The first-order valence-corrected chi connectivity index (χ1v) is 11.7. The molecule has 2 heterocycles. The first kappa shape index (κ1) is 25.3. The number of aromatic hydroxyl groups is 1. The van der Waals surface area contributed by atoms with Gasteiger partial charge in [-0.15, -0.1) is 0 Å². The zero-order chi connectivity index (χ0) is 27.5. The van der Waals surface area contributed by atoms with Crippen molar-refractivity contribution in [2.24, 2.45) is 0 Å². The summed E-state index contributed by atoms with van der Waals surface area (Å²) in [5.41, 5.74) is -1.95. The summed E-state index contributed by atoms with van der Waals surface area (Å²) in [4.78, 5) is 53.0. The highest BCUT2D eigenvalue weighted by molar-refractivity contribution is 6.31. The highest BCUT2D eigenvalue weighted by Crippen LogP contribution is 2.57. The van der Waals surface area contributed by atoms with Gasteiger partial charge in [-0.2, -0.15) is 4.90 Å². The molecule has 0 fully saturated rings. The number of ketones is 2. The van der Waals surface area contributed by atoms with Crippen LogP contribution in [0.1, 0.15) is 35.3 Å². The van der Waals surface area contributed by atoms with Gasteiger partial charge in [-0.05, 0) is 25.5 Å². The number of allylic oxidation sites excluding steroid dienone is 3. The van der Waals surface area contributed by atoms with Gasteiger partial charge in [0, 0.05) is 30.8 Å². The number of aliphatic hydroxyl groups excluding tert-OH is 1. The molecule has 38 heavy (non-hydrogen) atoms. The Hall–Kier alpha value is -4.35. The van der Waals surface area contributed by atoms with Crippen LogP contribution in [0.15, 0.2) is 53.5 Å². The molecular formula is C26H21ClN2O9. The third-order valence-corrected chi connectivity index (χ3v) is 7.03. The number of methoxy groups -OCH3 is 1. The second-order valence-corrected chi connectivity index (χ2v) is 9.35. The molecule has 2 aromatic carbocycles. The number of carbonyl (C=O) groups is 4. The van der Waals surface area contributed by atoms with Gasteiger partial charge in [0.1, 0.15) is 39.6 Å². The number of nitrogens with one attached hydrogen (secondary N) is 1. The van der Waals surface area contributed by atoms with Crippen molar-refractivity contribution in [2.75, 3.05) is 7.11 Å². The molecule has 3 amide bonds. The molecule has 0 saturated carbocycles. The van der Waals surface area contributed by atoms with E-state index in [-0.39, 0.29) is 34.9 Å². The molecule has 5 rings (SSSR count). The van der Waals surface area contributed by atoms with Crippen molar-refractivity contribution < 1.29 is 43.6 Å². The molecule has 0 spiro atoms. The number of halogens is 1. The predicted molar refractivity (Wildman–Crippen MR) is 131 cm³/mol. The van der Waals surface area contributed by atoms with Gasteiger partial charge in [0.25, 0.3) is 12.3 Å². The fourth-order valence-corrected chi connectivity index (χ4v) is 4.96. The number of aliphatic hydroxyl groups is 1. The summed E-state index contributed by atoms with van der Waals surface area (Å²) in [6, 6.07) is 7.06. The van der Waals surface area contributed by atoms with Crippen molar-refractivity contribution in [3.8, 4) is 17.2 Å². The lowest BCUT2D eigenvalue weighted by Crippen LogP contribution is -2.55. The SMILES string of the molecule is COC1Oc2cc(O)c3c(c2C(=O)N1C(=O)NCc1ccccc1Cl)OC1=CC(O)=C(C(C)=O)C(=O)[C@]13C. The van der Waals surface area contributed by atoms with Crippen LogP contribution in [-0.2, 0) is 26.3 Å². The summed E-state index contributed by atoms with van der Waals surface area (Å²) >= 11 is 6.15. The monoisotopic (exact) mass is 540 g/mol. The Morgan fingerprint density at radius 1 is 1.24 bits per heavy atom. The van der Waals surface area contributed by atoms with E-state index in [4.69, 9.17) is 25.8 Å². The average molecular weight is 541 g/mol. The van der Waals surface area contributed by atoms with Crippen molar-refractivity contribution in [1.29, 1.82) is 0 Å². The van der Waals surface area contributed by atoms with E-state index in [2.05, 4.69) is 5.32 Å². The van der Waals surface area contributed by atoms with E-state index >= 15 is 0 Å². The maximum atomic E-state index is 13.7. The molecule has 12 heteroatoms. The summed E-state index contributed by atoms with van der Waals surface area (Å²) < 4.78 is 16.7. The second-order valence-electron chi connectivity index (χ2n) is 8.94. The van der Waals surface area contributed by atoms with Crippen molar-refractivity contribution in [2.45, 2.75) is 32.2 Å². The molecule has 2 atom stereocenters. The van der Waals surface area contributed by atoms with Gasteiger partial charge in [0.2, 0.25) is 0 Å². The van der Waals surface area contributed by atoms with Crippen molar-refractivity contribution >= 4 is 35.1 Å². The van der Waals surface area contributed by atoms with Crippen LogP contribution in [0.3, 0.4) is 0 Å². The van der Waals surface area contributed by atoms with Crippen LogP contribution >= 0.6 is 11.6 Å². The fourth-order valence-electron chi connectivity index (χ4n) is 4.76. The number of phenolic OH excluding ortho intramolecular Hbond substituents is 1. The Kier molecular flexibility index (Phi) is 5.92. The van der Waals surface area contributed by atoms with E-state index in [1.807, 2.05) is 0 Å². The lowest BCUT2D eigenvalue weighted by Gasteiger charge is -2.34. The van der Waals surface area contributed by atoms with Crippen LogP contribution < -0.4 is 14.8 Å². The predicted octanol–water partition coefficient (Wildman–Crippen LogP) is 3.24. The number of rotatable bonds is 4. The van der Waals surface area contributed by atoms with Crippen molar-refractivity contribution in [3.05, 3.63) is 75.2 Å². The normalized spacial score (nSPS) is 21.6.